The van der Waals surface area contributed by atoms with Crippen LogP contribution in [0.5, 0.6) is 5.75 Å². The summed E-state index contributed by atoms with van der Waals surface area (Å²) in [5.41, 5.74) is 1.20. The van der Waals surface area contributed by atoms with E-state index in [1.54, 1.807) is 0 Å². The Morgan fingerprint density at radius 3 is 2.00 bits per heavy atom. The molecular weight excluding hydrogens is 324 g/mol. The molecule has 0 radical (unpaired) electrons. The molecule has 0 atom stereocenters. The van der Waals surface area contributed by atoms with E-state index in [2.05, 4.69) is 47.4 Å². The average Bonchev–Trinajstić information content (AvgIpc) is 2.62. The zero-order valence-electron chi connectivity index (χ0n) is 15.0. The molecule has 0 aliphatic rings. The predicted octanol–water partition coefficient (Wildman–Crippen LogP) is 3.81. The summed E-state index contributed by atoms with van der Waals surface area (Å²) < 4.78 is 5.49. The van der Waals surface area contributed by atoms with E-state index in [1.807, 2.05) is 31.2 Å². The summed E-state index contributed by atoms with van der Waals surface area (Å²) >= 11 is 0. The number of aliphatic carboxylic acids is 1. The Kier molecular flexibility index (Phi) is 11.3. The van der Waals surface area contributed by atoms with Crippen LogP contribution in [0.25, 0.3) is 0 Å². The topological polar surface area (TPSA) is 46.5 Å². The van der Waals surface area contributed by atoms with Crippen molar-refractivity contribution in [3.63, 3.8) is 0 Å². The Morgan fingerprint density at radius 1 is 0.885 bits per heavy atom. The summed E-state index contributed by atoms with van der Waals surface area (Å²) in [6.45, 7) is 2.39. The Labute approximate surface area is 156 Å². The third-order valence-electron chi connectivity index (χ3n) is 3.05. The van der Waals surface area contributed by atoms with Crippen molar-refractivity contribution in [1.82, 2.24) is 0 Å². The van der Waals surface area contributed by atoms with Crippen LogP contribution in [0.3, 0.4) is 0 Å². The van der Waals surface area contributed by atoms with E-state index in [0.717, 1.165) is 5.75 Å². The maximum Gasteiger partial charge on any atom is 0.303 e. The third kappa shape index (κ3) is 12.2. The molecule has 0 heterocycles. The lowest BCUT2D eigenvalue weighted by molar-refractivity contribution is -0.137. The molecule has 0 bridgehead atoms. The molecule has 0 amide bonds. The van der Waals surface area contributed by atoms with E-state index in [1.165, 1.54) is 5.56 Å². The molecular formula is C23H22O3. The second kappa shape index (κ2) is 14.1. The van der Waals surface area contributed by atoms with Gasteiger partial charge >= 0.3 is 5.97 Å². The van der Waals surface area contributed by atoms with Crippen LogP contribution in [0.15, 0.2) is 24.3 Å². The van der Waals surface area contributed by atoms with Crippen molar-refractivity contribution in [2.75, 3.05) is 6.61 Å². The highest BCUT2D eigenvalue weighted by Crippen LogP contribution is 2.10. The van der Waals surface area contributed by atoms with Crippen LogP contribution in [0.1, 0.15) is 44.1 Å². The van der Waals surface area contributed by atoms with Crippen molar-refractivity contribution in [2.24, 2.45) is 0 Å². The highest BCUT2D eigenvalue weighted by atomic mass is 16.5. The van der Waals surface area contributed by atoms with Crippen molar-refractivity contribution >= 4 is 5.97 Å². The molecule has 0 aromatic heterocycles. The first kappa shape index (κ1) is 20.8. The van der Waals surface area contributed by atoms with E-state index < -0.39 is 5.97 Å². The van der Waals surface area contributed by atoms with E-state index in [4.69, 9.17) is 9.84 Å². The first-order valence-corrected chi connectivity index (χ1v) is 8.42. The summed E-state index contributed by atoms with van der Waals surface area (Å²) in [4.78, 5) is 10.3. The van der Waals surface area contributed by atoms with Crippen LogP contribution >= 0.6 is 0 Å². The lowest BCUT2D eigenvalue weighted by Gasteiger charge is -2.01. The van der Waals surface area contributed by atoms with E-state index in [9.17, 15) is 4.79 Å². The SMILES string of the molecule is Cc1ccc(OCC#CCC#CCC#CCC#CCCCC(=O)O)cc1. The molecule has 0 saturated carbocycles. The van der Waals surface area contributed by atoms with Crippen LogP contribution in [0.2, 0.25) is 0 Å². The summed E-state index contributed by atoms with van der Waals surface area (Å²) in [5, 5.41) is 8.47. The molecule has 0 aliphatic carbocycles. The van der Waals surface area contributed by atoms with Crippen LogP contribution in [-0.4, -0.2) is 17.7 Å². The summed E-state index contributed by atoms with van der Waals surface area (Å²) in [5.74, 6) is 23.4. The number of rotatable bonds is 5. The standard InChI is InChI=1S/C23H22O3/c1-21-16-18-22(19-17-21)26-20-14-12-10-8-6-4-2-3-5-7-9-11-13-15-23(24)25/h16-19H,4-5,10-11,13,15,20H2,1H3,(H,24,25). The van der Waals surface area contributed by atoms with Gasteiger partial charge in [-0.2, -0.15) is 0 Å². The van der Waals surface area contributed by atoms with E-state index >= 15 is 0 Å². The quantitative estimate of drug-likeness (QED) is 0.651. The molecule has 3 heteroatoms. The molecule has 3 nitrogen and oxygen atoms in total. The normalized spacial score (nSPS) is 8.35. The number of hydrogen-bond acceptors (Lipinski definition) is 2. The van der Waals surface area contributed by atoms with Crippen LogP contribution in [0, 0.1) is 54.3 Å². The molecule has 0 spiro atoms. The Balaban J connectivity index is 2.08. The zero-order valence-corrected chi connectivity index (χ0v) is 15.0. The zero-order chi connectivity index (χ0) is 18.9. The average molecular weight is 346 g/mol. The van der Waals surface area contributed by atoms with Gasteiger partial charge in [0.25, 0.3) is 0 Å². The van der Waals surface area contributed by atoms with Crippen molar-refractivity contribution in [3.05, 3.63) is 29.8 Å². The molecule has 1 N–H and O–H groups in total. The number of carboxylic acid groups (broad SMARTS) is 1. The lowest BCUT2D eigenvalue weighted by atomic mass is 10.2. The van der Waals surface area contributed by atoms with Crippen molar-refractivity contribution in [3.8, 4) is 53.1 Å². The molecule has 1 aromatic carbocycles. The first-order chi connectivity index (χ1) is 12.7. The lowest BCUT2D eigenvalue weighted by Crippen LogP contribution is -1.93. The van der Waals surface area contributed by atoms with Gasteiger partial charge in [-0.15, -0.1) is 5.92 Å². The predicted molar refractivity (Wildman–Crippen MR) is 103 cm³/mol. The molecule has 0 unspecified atom stereocenters. The number of benzene rings is 1. The van der Waals surface area contributed by atoms with Gasteiger partial charge < -0.3 is 9.84 Å². The fourth-order valence-electron chi connectivity index (χ4n) is 1.73. The number of aryl methyl sites for hydroxylation is 1. The van der Waals surface area contributed by atoms with E-state index in [-0.39, 0.29) is 6.42 Å². The van der Waals surface area contributed by atoms with Crippen molar-refractivity contribution in [1.29, 1.82) is 0 Å². The van der Waals surface area contributed by atoms with Gasteiger partial charge in [0.05, 0.1) is 19.3 Å². The number of ether oxygens (including phenoxy) is 1. The largest absolute Gasteiger partial charge is 0.481 e. The molecule has 26 heavy (non-hydrogen) atoms. The molecule has 0 fully saturated rings. The van der Waals surface area contributed by atoms with Crippen molar-refractivity contribution in [2.45, 2.75) is 45.4 Å². The van der Waals surface area contributed by atoms with Gasteiger partial charge in [-0.1, -0.05) is 59.1 Å². The summed E-state index contributed by atoms with van der Waals surface area (Å²) in [7, 11) is 0. The number of carbonyl (C=O) groups is 1. The van der Waals surface area contributed by atoms with Gasteiger partial charge in [-0.05, 0) is 25.5 Å². The monoisotopic (exact) mass is 346 g/mol. The molecule has 0 saturated heterocycles. The van der Waals surface area contributed by atoms with Crippen LogP contribution in [0.4, 0.5) is 0 Å². The number of hydrogen-bond donors (Lipinski definition) is 1. The van der Waals surface area contributed by atoms with Gasteiger partial charge in [-0.25, -0.2) is 0 Å². The van der Waals surface area contributed by atoms with E-state index in [0.29, 0.717) is 38.7 Å². The highest BCUT2D eigenvalue weighted by Gasteiger charge is 1.92. The number of unbranched alkanes of at least 4 members (excludes halogenated alkanes) is 1. The molecule has 1 aromatic rings. The maximum atomic E-state index is 10.3. The molecule has 0 aliphatic heterocycles. The minimum Gasteiger partial charge on any atom is -0.481 e. The molecule has 1 rings (SSSR count). The highest BCUT2D eigenvalue weighted by molar-refractivity contribution is 5.66. The molecule has 132 valence electrons. The van der Waals surface area contributed by atoms with Gasteiger partial charge in [0, 0.05) is 12.8 Å². The third-order valence-corrected chi connectivity index (χ3v) is 3.05. The smallest absolute Gasteiger partial charge is 0.303 e. The van der Waals surface area contributed by atoms with Gasteiger partial charge in [0.15, 0.2) is 0 Å². The van der Waals surface area contributed by atoms with Gasteiger partial charge in [0.2, 0.25) is 0 Å². The second-order valence-electron chi connectivity index (χ2n) is 5.29. The van der Waals surface area contributed by atoms with Crippen molar-refractivity contribution < 1.29 is 14.6 Å². The minimum atomic E-state index is -0.784. The maximum absolute atomic E-state index is 10.3. The Bertz CT molecular complexity index is 804. The fraction of sp³-hybridized carbons (Fsp3) is 0.348. The van der Waals surface area contributed by atoms with Crippen LogP contribution in [-0.2, 0) is 4.79 Å². The Morgan fingerprint density at radius 2 is 1.42 bits per heavy atom. The second-order valence-corrected chi connectivity index (χ2v) is 5.29. The number of carboxylic acids is 1. The fourth-order valence-corrected chi connectivity index (χ4v) is 1.73. The van der Waals surface area contributed by atoms with Gasteiger partial charge in [-0.3, -0.25) is 4.79 Å². The Hall–Kier alpha value is -3.27. The minimum absolute atomic E-state index is 0.164. The first-order valence-electron chi connectivity index (χ1n) is 8.42. The summed E-state index contributed by atoms with van der Waals surface area (Å²) in [6.07, 6.45) is 2.84. The van der Waals surface area contributed by atoms with Gasteiger partial charge in [0.1, 0.15) is 12.4 Å². The van der Waals surface area contributed by atoms with Crippen LogP contribution < -0.4 is 4.74 Å². The summed E-state index contributed by atoms with van der Waals surface area (Å²) in [6, 6.07) is 7.85.